The number of aryl methyl sites for hydroxylation is 2. The Hall–Kier alpha value is -2.75. The summed E-state index contributed by atoms with van der Waals surface area (Å²) in [7, 11) is 1.96. The largest absolute Gasteiger partial charge is 0.337 e. The van der Waals surface area contributed by atoms with Crippen LogP contribution in [0.4, 0.5) is 10.2 Å². The van der Waals surface area contributed by atoms with E-state index in [-0.39, 0.29) is 36.7 Å². The first-order chi connectivity index (χ1) is 14.0. The molecule has 1 atom stereocenters. The van der Waals surface area contributed by atoms with Crippen LogP contribution in [0.1, 0.15) is 17.6 Å². The number of piperazine rings is 1. The molecule has 1 amide bonds. The zero-order valence-corrected chi connectivity index (χ0v) is 17.7. The second kappa shape index (κ2) is 9.38. The Kier molecular flexibility index (Phi) is 6.86. The minimum Gasteiger partial charge on any atom is -0.337 e. The van der Waals surface area contributed by atoms with E-state index >= 15 is 0 Å². The first kappa shape index (κ1) is 21.9. The Bertz CT molecular complexity index is 1000. The van der Waals surface area contributed by atoms with Gasteiger partial charge in [0.1, 0.15) is 17.5 Å². The van der Waals surface area contributed by atoms with Crippen LogP contribution in [0.3, 0.4) is 0 Å². The minimum absolute atomic E-state index is 0. The molecule has 0 saturated carbocycles. The van der Waals surface area contributed by atoms with Crippen molar-refractivity contribution in [1.82, 2.24) is 29.5 Å². The average Bonchev–Trinajstić information content (AvgIpc) is 3.28. The third-order valence-electron chi connectivity index (χ3n) is 5.03. The zero-order valence-electron chi connectivity index (χ0n) is 16.9. The number of benzene rings is 1. The van der Waals surface area contributed by atoms with E-state index in [9.17, 15) is 9.18 Å². The van der Waals surface area contributed by atoms with Crippen molar-refractivity contribution in [3.63, 3.8) is 0 Å². The van der Waals surface area contributed by atoms with Crippen LogP contribution in [-0.2, 0) is 11.8 Å². The first-order valence-electron chi connectivity index (χ1n) is 9.56. The van der Waals surface area contributed by atoms with Gasteiger partial charge in [-0.1, -0.05) is 0 Å². The van der Waals surface area contributed by atoms with Gasteiger partial charge in [-0.05, 0) is 31.2 Å². The predicted molar refractivity (Wildman–Crippen MR) is 115 cm³/mol. The molecule has 1 aromatic carbocycles. The number of carbonyl (C=O) groups is 1. The fourth-order valence-electron chi connectivity index (χ4n) is 3.62. The van der Waals surface area contributed by atoms with E-state index in [4.69, 9.17) is 0 Å². The maximum atomic E-state index is 13.2. The monoisotopic (exact) mass is 433 g/mol. The van der Waals surface area contributed by atoms with E-state index < -0.39 is 0 Å². The van der Waals surface area contributed by atoms with Crippen molar-refractivity contribution in [2.75, 3.05) is 31.5 Å². The van der Waals surface area contributed by atoms with E-state index in [1.165, 1.54) is 12.1 Å². The number of imidazole rings is 1. The number of rotatable bonds is 5. The van der Waals surface area contributed by atoms with Crippen molar-refractivity contribution in [3.8, 4) is 5.69 Å². The molecule has 10 heteroatoms. The molecule has 2 N–H and O–H groups in total. The number of carbonyl (C=O) groups excluding carboxylic acids is 1. The van der Waals surface area contributed by atoms with E-state index in [0.717, 1.165) is 31.2 Å². The van der Waals surface area contributed by atoms with Gasteiger partial charge in [-0.25, -0.2) is 14.1 Å². The highest BCUT2D eigenvalue weighted by atomic mass is 35.5. The maximum absolute atomic E-state index is 13.2. The van der Waals surface area contributed by atoms with Gasteiger partial charge in [0.25, 0.3) is 0 Å². The summed E-state index contributed by atoms with van der Waals surface area (Å²) in [6.07, 6.45) is 3.68. The molecule has 0 spiro atoms. The number of amides is 1. The Labute approximate surface area is 180 Å². The lowest BCUT2D eigenvalue weighted by Gasteiger charge is -2.35. The molecule has 30 heavy (non-hydrogen) atoms. The number of aromatic nitrogens is 4. The van der Waals surface area contributed by atoms with Crippen molar-refractivity contribution in [3.05, 3.63) is 60.1 Å². The average molecular weight is 434 g/mol. The molecule has 160 valence electrons. The number of nitrogens with zero attached hydrogens (tertiary/aromatic N) is 5. The van der Waals surface area contributed by atoms with Gasteiger partial charge in [-0.3, -0.25) is 9.69 Å². The summed E-state index contributed by atoms with van der Waals surface area (Å²) in [5, 5.41) is 10.7. The second-order valence-electron chi connectivity index (χ2n) is 7.19. The number of nitrogens with one attached hydrogen (secondary N) is 2. The molecule has 0 bridgehead atoms. The Morgan fingerprint density at radius 3 is 2.80 bits per heavy atom. The molecule has 1 fully saturated rings. The summed E-state index contributed by atoms with van der Waals surface area (Å²) >= 11 is 0. The summed E-state index contributed by atoms with van der Waals surface area (Å²) < 4.78 is 16.8. The molecular formula is C20H25ClFN7O. The van der Waals surface area contributed by atoms with Gasteiger partial charge >= 0.3 is 0 Å². The molecule has 2 aromatic heterocycles. The van der Waals surface area contributed by atoms with E-state index in [1.54, 1.807) is 29.1 Å². The Balaban J connectivity index is 0.00000256. The van der Waals surface area contributed by atoms with Crippen LogP contribution in [-0.4, -0.2) is 56.3 Å². The minimum atomic E-state index is -0.317. The van der Waals surface area contributed by atoms with Crippen LogP contribution in [0, 0.1) is 12.7 Å². The van der Waals surface area contributed by atoms with Gasteiger partial charge in [-0.2, -0.15) is 5.10 Å². The molecule has 8 nitrogen and oxygen atoms in total. The van der Waals surface area contributed by atoms with Crippen molar-refractivity contribution in [2.45, 2.75) is 13.0 Å². The highest BCUT2D eigenvalue weighted by molar-refractivity contribution is 5.91. The van der Waals surface area contributed by atoms with Crippen LogP contribution in [0.5, 0.6) is 0 Å². The van der Waals surface area contributed by atoms with Crippen molar-refractivity contribution >= 4 is 24.1 Å². The molecule has 4 rings (SSSR count). The summed E-state index contributed by atoms with van der Waals surface area (Å²) in [5.41, 5.74) is 1.44. The lowest BCUT2D eigenvalue weighted by molar-refractivity contribution is -0.118. The molecule has 1 aliphatic rings. The van der Waals surface area contributed by atoms with Gasteiger partial charge in [-0.15, -0.1) is 12.4 Å². The standard InChI is InChI=1S/C20H24FN7O.ClH/c1-14-11-18(28(25-14)16-5-3-15(21)4-6-16)24-19(29)13-27-10-7-22-12-17(27)20-23-8-9-26(20)2;/h3-6,8-9,11,17,22H,7,10,12-13H2,1-2H3,(H,24,29);1H. The number of anilines is 1. The zero-order chi connectivity index (χ0) is 20.4. The molecule has 0 aliphatic carbocycles. The van der Waals surface area contributed by atoms with E-state index in [0.29, 0.717) is 11.5 Å². The second-order valence-corrected chi connectivity index (χ2v) is 7.19. The molecule has 1 aliphatic heterocycles. The molecule has 3 heterocycles. The SMILES string of the molecule is Cc1cc(NC(=O)CN2CCNCC2c2nccn2C)n(-c2ccc(F)cc2)n1.Cl. The summed E-state index contributed by atoms with van der Waals surface area (Å²) in [5.74, 6) is 1.04. The Morgan fingerprint density at radius 1 is 1.33 bits per heavy atom. The van der Waals surface area contributed by atoms with Crippen molar-refractivity contribution < 1.29 is 9.18 Å². The molecule has 1 unspecified atom stereocenters. The smallest absolute Gasteiger partial charge is 0.239 e. The van der Waals surface area contributed by atoms with Crippen LogP contribution < -0.4 is 10.6 Å². The van der Waals surface area contributed by atoms with E-state index in [2.05, 4.69) is 25.6 Å². The van der Waals surface area contributed by atoms with Crippen LogP contribution in [0.15, 0.2) is 42.7 Å². The van der Waals surface area contributed by atoms with Crippen LogP contribution in [0.2, 0.25) is 0 Å². The highest BCUT2D eigenvalue weighted by Crippen LogP contribution is 2.21. The first-order valence-corrected chi connectivity index (χ1v) is 9.56. The predicted octanol–water partition coefficient (Wildman–Crippen LogP) is 2.06. The van der Waals surface area contributed by atoms with E-state index in [1.807, 2.05) is 24.7 Å². The molecular weight excluding hydrogens is 409 g/mol. The van der Waals surface area contributed by atoms with Crippen LogP contribution in [0.25, 0.3) is 5.69 Å². The number of hydrogen-bond donors (Lipinski definition) is 2. The number of halogens is 2. The van der Waals surface area contributed by atoms with Crippen LogP contribution >= 0.6 is 12.4 Å². The third-order valence-corrected chi connectivity index (χ3v) is 5.03. The summed E-state index contributed by atoms with van der Waals surface area (Å²) in [6.45, 7) is 4.41. The maximum Gasteiger partial charge on any atom is 0.239 e. The quantitative estimate of drug-likeness (QED) is 0.643. The Morgan fingerprint density at radius 2 is 2.10 bits per heavy atom. The van der Waals surface area contributed by atoms with Gasteiger partial charge in [0, 0.05) is 45.1 Å². The molecule has 1 saturated heterocycles. The van der Waals surface area contributed by atoms with Gasteiger partial charge in [0.15, 0.2) is 0 Å². The summed E-state index contributed by atoms with van der Waals surface area (Å²) in [6, 6.07) is 7.83. The normalized spacial score (nSPS) is 16.8. The van der Waals surface area contributed by atoms with Gasteiger partial charge in [0.2, 0.25) is 5.91 Å². The summed E-state index contributed by atoms with van der Waals surface area (Å²) in [4.78, 5) is 19.4. The third kappa shape index (κ3) is 4.69. The molecule has 3 aromatic rings. The van der Waals surface area contributed by atoms with Crippen molar-refractivity contribution in [2.24, 2.45) is 7.05 Å². The topological polar surface area (TPSA) is 80.0 Å². The fraction of sp³-hybridized carbons (Fsp3) is 0.350. The number of hydrogen-bond acceptors (Lipinski definition) is 5. The highest BCUT2D eigenvalue weighted by Gasteiger charge is 2.28. The lowest BCUT2D eigenvalue weighted by Crippen LogP contribution is -2.49. The lowest BCUT2D eigenvalue weighted by atomic mass is 10.1. The van der Waals surface area contributed by atoms with Gasteiger partial charge < -0.3 is 15.2 Å². The molecule has 0 radical (unpaired) electrons. The van der Waals surface area contributed by atoms with Gasteiger partial charge in [0.05, 0.1) is 24.0 Å². The fourth-order valence-corrected chi connectivity index (χ4v) is 3.62. The van der Waals surface area contributed by atoms with Crippen molar-refractivity contribution in [1.29, 1.82) is 0 Å².